The Morgan fingerprint density at radius 3 is 3.24 bits per heavy atom. The molecule has 1 aliphatic heterocycles. The van der Waals surface area contributed by atoms with E-state index in [0.717, 1.165) is 23.9 Å². The Morgan fingerprint density at radius 1 is 1.53 bits per heavy atom. The van der Waals surface area contributed by atoms with Crippen LogP contribution in [0.2, 0.25) is 0 Å². The summed E-state index contributed by atoms with van der Waals surface area (Å²) in [6, 6.07) is 5.87. The summed E-state index contributed by atoms with van der Waals surface area (Å²) >= 11 is 2.08. The quantitative estimate of drug-likeness (QED) is 0.887. The lowest BCUT2D eigenvalue weighted by molar-refractivity contribution is 0.597. The number of hydrogen-bond acceptors (Lipinski definition) is 4. The number of hydrogen-bond donors (Lipinski definition) is 1. The highest BCUT2D eigenvalue weighted by atomic mass is 32.2. The summed E-state index contributed by atoms with van der Waals surface area (Å²) in [6.45, 7) is 1.89. The van der Waals surface area contributed by atoms with Crippen LogP contribution in [0.15, 0.2) is 18.3 Å². The predicted molar refractivity (Wildman–Crippen MR) is 70.8 cm³/mol. The molecule has 0 saturated carbocycles. The van der Waals surface area contributed by atoms with E-state index >= 15 is 0 Å². The van der Waals surface area contributed by atoms with Crippen molar-refractivity contribution in [3.8, 4) is 6.07 Å². The van der Waals surface area contributed by atoms with Crippen molar-refractivity contribution >= 4 is 11.8 Å². The van der Waals surface area contributed by atoms with Gasteiger partial charge in [0.1, 0.15) is 11.8 Å². The van der Waals surface area contributed by atoms with Gasteiger partial charge >= 0.3 is 0 Å². The highest BCUT2D eigenvalue weighted by molar-refractivity contribution is 7.99. The minimum absolute atomic E-state index is 0.497. The van der Waals surface area contributed by atoms with E-state index in [1.807, 2.05) is 12.1 Å². The molecule has 0 radical (unpaired) electrons. The van der Waals surface area contributed by atoms with E-state index in [4.69, 9.17) is 5.26 Å². The van der Waals surface area contributed by atoms with Gasteiger partial charge in [0, 0.05) is 24.5 Å². The second-order valence-electron chi connectivity index (χ2n) is 4.28. The number of thioether (sulfide) groups is 1. The first-order valence-corrected chi connectivity index (χ1v) is 7.11. The van der Waals surface area contributed by atoms with Gasteiger partial charge in [-0.3, -0.25) is 0 Å². The molecule has 1 fully saturated rings. The number of nitrogens with one attached hydrogen (secondary N) is 1. The van der Waals surface area contributed by atoms with Gasteiger partial charge in [-0.1, -0.05) is 6.42 Å². The molecule has 2 rings (SSSR count). The van der Waals surface area contributed by atoms with Crippen molar-refractivity contribution in [1.29, 1.82) is 5.26 Å². The first-order chi connectivity index (χ1) is 8.38. The third-order valence-corrected chi connectivity index (χ3v) is 4.31. The molecule has 4 heteroatoms. The highest BCUT2D eigenvalue weighted by Gasteiger charge is 2.12. The van der Waals surface area contributed by atoms with Crippen molar-refractivity contribution in [3.63, 3.8) is 0 Å². The lowest BCUT2D eigenvalue weighted by Gasteiger charge is -2.21. The zero-order chi connectivity index (χ0) is 11.9. The zero-order valence-corrected chi connectivity index (χ0v) is 10.7. The van der Waals surface area contributed by atoms with E-state index in [2.05, 4.69) is 28.1 Å². The van der Waals surface area contributed by atoms with Gasteiger partial charge in [-0.15, -0.1) is 0 Å². The first-order valence-electron chi connectivity index (χ1n) is 6.06. The van der Waals surface area contributed by atoms with Crippen molar-refractivity contribution in [1.82, 2.24) is 10.3 Å². The molecular formula is C13H17N3S. The number of aromatic nitrogens is 1. The van der Waals surface area contributed by atoms with Crippen LogP contribution >= 0.6 is 11.8 Å². The van der Waals surface area contributed by atoms with Crippen LogP contribution in [0.25, 0.3) is 0 Å². The molecule has 0 aliphatic carbocycles. The molecule has 1 N–H and O–H groups in total. The minimum atomic E-state index is 0.497. The molecule has 1 unspecified atom stereocenters. The molecule has 1 aromatic heterocycles. The van der Waals surface area contributed by atoms with Crippen LogP contribution in [0.4, 0.5) is 0 Å². The number of nitriles is 1. The van der Waals surface area contributed by atoms with Crippen LogP contribution in [0, 0.1) is 11.3 Å². The third-order valence-electron chi connectivity index (χ3n) is 2.91. The van der Waals surface area contributed by atoms with Crippen LogP contribution < -0.4 is 5.32 Å². The standard InChI is InChI=1S/C13H17N3S/c14-8-12-7-11(4-5-16-12)9-15-10-13-3-1-2-6-17-13/h4-5,7,13,15H,1-3,6,9-10H2. The molecule has 0 amide bonds. The minimum Gasteiger partial charge on any atom is -0.312 e. The van der Waals surface area contributed by atoms with Crippen LogP contribution in [-0.4, -0.2) is 22.5 Å². The molecule has 1 aliphatic rings. The van der Waals surface area contributed by atoms with Crippen LogP contribution in [0.3, 0.4) is 0 Å². The second kappa shape index (κ2) is 6.63. The Labute approximate surface area is 107 Å². The molecule has 1 atom stereocenters. The van der Waals surface area contributed by atoms with Gasteiger partial charge in [-0.25, -0.2) is 4.98 Å². The molecule has 1 aromatic rings. The summed E-state index contributed by atoms with van der Waals surface area (Å²) in [6.07, 6.45) is 5.77. The predicted octanol–water partition coefficient (Wildman–Crippen LogP) is 2.33. The largest absolute Gasteiger partial charge is 0.312 e. The number of pyridine rings is 1. The molecule has 90 valence electrons. The molecule has 3 nitrogen and oxygen atoms in total. The van der Waals surface area contributed by atoms with Crippen molar-refractivity contribution < 1.29 is 0 Å². The van der Waals surface area contributed by atoms with Gasteiger partial charge in [0.15, 0.2) is 0 Å². The van der Waals surface area contributed by atoms with Gasteiger partial charge in [-0.2, -0.15) is 17.0 Å². The van der Waals surface area contributed by atoms with E-state index in [1.165, 1.54) is 25.0 Å². The molecule has 0 bridgehead atoms. The lowest BCUT2D eigenvalue weighted by Crippen LogP contribution is -2.26. The maximum Gasteiger partial charge on any atom is 0.140 e. The van der Waals surface area contributed by atoms with Crippen LogP contribution in [0.1, 0.15) is 30.5 Å². The number of rotatable bonds is 4. The van der Waals surface area contributed by atoms with E-state index in [-0.39, 0.29) is 0 Å². The summed E-state index contributed by atoms with van der Waals surface area (Å²) in [7, 11) is 0. The van der Waals surface area contributed by atoms with Gasteiger partial charge < -0.3 is 5.32 Å². The maximum atomic E-state index is 8.76. The summed E-state index contributed by atoms with van der Waals surface area (Å²) in [5, 5.41) is 13.0. The lowest BCUT2D eigenvalue weighted by atomic mass is 10.2. The topological polar surface area (TPSA) is 48.7 Å². The van der Waals surface area contributed by atoms with E-state index in [0.29, 0.717) is 5.69 Å². The Morgan fingerprint density at radius 2 is 2.47 bits per heavy atom. The van der Waals surface area contributed by atoms with E-state index < -0.39 is 0 Å². The van der Waals surface area contributed by atoms with Crippen molar-refractivity contribution in [3.05, 3.63) is 29.6 Å². The second-order valence-corrected chi connectivity index (χ2v) is 5.69. The molecule has 1 saturated heterocycles. The summed E-state index contributed by atoms with van der Waals surface area (Å²) in [5.74, 6) is 1.31. The molecule has 0 aromatic carbocycles. The number of nitrogens with zero attached hydrogens (tertiary/aromatic N) is 2. The zero-order valence-electron chi connectivity index (χ0n) is 9.85. The molecule has 2 heterocycles. The van der Waals surface area contributed by atoms with Gasteiger partial charge in [0.2, 0.25) is 0 Å². The van der Waals surface area contributed by atoms with Gasteiger partial charge in [0.05, 0.1) is 0 Å². The summed E-state index contributed by atoms with van der Waals surface area (Å²) in [5.41, 5.74) is 1.63. The Hall–Kier alpha value is -1.05. The molecular weight excluding hydrogens is 230 g/mol. The Kier molecular flexibility index (Phi) is 4.84. The van der Waals surface area contributed by atoms with Gasteiger partial charge in [-0.05, 0) is 36.3 Å². The summed E-state index contributed by atoms with van der Waals surface area (Å²) < 4.78 is 0. The summed E-state index contributed by atoms with van der Waals surface area (Å²) in [4.78, 5) is 3.96. The van der Waals surface area contributed by atoms with Crippen molar-refractivity contribution in [2.75, 3.05) is 12.3 Å². The monoisotopic (exact) mass is 247 g/mol. The normalized spacial score (nSPS) is 19.8. The fraction of sp³-hybridized carbons (Fsp3) is 0.538. The molecule has 17 heavy (non-hydrogen) atoms. The fourth-order valence-corrected chi connectivity index (χ4v) is 3.26. The Balaban J connectivity index is 1.75. The highest BCUT2D eigenvalue weighted by Crippen LogP contribution is 2.24. The average molecular weight is 247 g/mol. The Bertz CT molecular complexity index is 394. The first kappa shape index (κ1) is 12.4. The van der Waals surface area contributed by atoms with Crippen molar-refractivity contribution in [2.45, 2.75) is 31.1 Å². The molecule has 0 spiro atoms. The van der Waals surface area contributed by atoms with E-state index in [1.54, 1.807) is 6.20 Å². The average Bonchev–Trinajstić information content (AvgIpc) is 2.40. The van der Waals surface area contributed by atoms with Crippen LogP contribution in [-0.2, 0) is 6.54 Å². The van der Waals surface area contributed by atoms with E-state index in [9.17, 15) is 0 Å². The van der Waals surface area contributed by atoms with Crippen LogP contribution in [0.5, 0.6) is 0 Å². The third kappa shape index (κ3) is 4.03. The SMILES string of the molecule is N#Cc1cc(CNCC2CCCCS2)ccn1. The smallest absolute Gasteiger partial charge is 0.140 e. The fourth-order valence-electron chi connectivity index (χ4n) is 1.99. The van der Waals surface area contributed by atoms with Gasteiger partial charge in [0.25, 0.3) is 0 Å². The van der Waals surface area contributed by atoms with Crippen molar-refractivity contribution in [2.24, 2.45) is 0 Å². The maximum absolute atomic E-state index is 8.76.